The third-order valence-electron chi connectivity index (χ3n) is 4.77. The first-order valence-corrected chi connectivity index (χ1v) is 7.95. The molecule has 2 aliphatic rings. The fourth-order valence-corrected chi connectivity index (χ4v) is 3.77. The number of amides is 1. The Labute approximate surface area is 138 Å². The van der Waals surface area contributed by atoms with Gasteiger partial charge in [-0.2, -0.15) is 0 Å². The summed E-state index contributed by atoms with van der Waals surface area (Å²) in [5.74, 6) is -4.32. The van der Waals surface area contributed by atoms with Gasteiger partial charge in [-0.25, -0.2) is 13.6 Å². The number of carboxylic acids is 1. The number of carbonyl (C=O) groups excluding carboxylic acids is 1. The number of benzene rings is 1. The molecule has 0 spiro atoms. The number of aliphatic carboxylic acids is 1. The number of carbonyl (C=O) groups is 2. The summed E-state index contributed by atoms with van der Waals surface area (Å²) in [4.78, 5) is 24.3. The zero-order valence-electron chi connectivity index (χ0n) is 13.0. The van der Waals surface area contributed by atoms with E-state index in [4.69, 9.17) is 9.84 Å². The maximum absolute atomic E-state index is 14.2. The van der Waals surface area contributed by atoms with Crippen molar-refractivity contribution >= 4 is 12.1 Å². The highest BCUT2D eigenvalue weighted by molar-refractivity contribution is 5.70. The minimum Gasteiger partial charge on any atom is -0.481 e. The van der Waals surface area contributed by atoms with Crippen LogP contribution in [0.2, 0.25) is 0 Å². The SMILES string of the molecule is O=C(O)C[C@H]1C[C@H]2CC(F)(F)[C@@H](C1)N2C(=O)OCc1ccccc1. The van der Waals surface area contributed by atoms with Crippen LogP contribution in [0.3, 0.4) is 0 Å². The first-order chi connectivity index (χ1) is 11.4. The lowest BCUT2D eigenvalue weighted by molar-refractivity contribution is -0.139. The molecule has 2 aliphatic heterocycles. The molecule has 3 atom stereocenters. The van der Waals surface area contributed by atoms with E-state index in [1.165, 1.54) is 0 Å². The minimum atomic E-state index is -3.00. The van der Waals surface area contributed by atoms with Crippen molar-refractivity contribution in [1.29, 1.82) is 0 Å². The number of carboxylic acid groups (broad SMARTS) is 1. The second-order valence-corrected chi connectivity index (χ2v) is 6.52. The number of hydrogen-bond donors (Lipinski definition) is 1. The van der Waals surface area contributed by atoms with Crippen molar-refractivity contribution in [2.75, 3.05) is 0 Å². The number of nitrogens with zero attached hydrogens (tertiary/aromatic N) is 1. The number of ether oxygens (including phenoxy) is 1. The van der Waals surface area contributed by atoms with Gasteiger partial charge in [-0.3, -0.25) is 9.69 Å². The maximum atomic E-state index is 14.2. The molecule has 5 nitrogen and oxygen atoms in total. The minimum absolute atomic E-state index is 0.00373. The molecular weight excluding hydrogens is 320 g/mol. The maximum Gasteiger partial charge on any atom is 0.410 e. The summed E-state index contributed by atoms with van der Waals surface area (Å²) in [7, 11) is 0. The third kappa shape index (κ3) is 3.34. The van der Waals surface area contributed by atoms with Crippen molar-refractivity contribution in [3.63, 3.8) is 0 Å². The third-order valence-corrected chi connectivity index (χ3v) is 4.77. The summed E-state index contributed by atoms with van der Waals surface area (Å²) in [6.07, 6.45) is -1.04. The summed E-state index contributed by atoms with van der Waals surface area (Å²) in [6, 6.07) is 7.08. The van der Waals surface area contributed by atoms with Crippen molar-refractivity contribution in [1.82, 2.24) is 4.90 Å². The Kier molecular flexibility index (Phi) is 4.43. The van der Waals surface area contributed by atoms with Crippen LogP contribution in [0.25, 0.3) is 0 Å². The topological polar surface area (TPSA) is 66.8 Å². The smallest absolute Gasteiger partial charge is 0.410 e. The van der Waals surface area contributed by atoms with E-state index in [0.29, 0.717) is 0 Å². The van der Waals surface area contributed by atoms with Crippen molar-refractivity contribution in [2.45, 2.75) is 50.3 Å². The van der Waals surface area contributed by atoms with Gasteiger partial charge in [0.05, 0.1) is 6.04 Å². The summed E-state index contributed by atoms with van der Waals surface area (Å²) >= 11 is 0. The zero-order valence-corrected chi connectivity index (χ0v) is 13.0. The summed E-state index contributed by atoms with van der Waals surface area (Å²) in [5.41, 5.74) is 0.783. The Hall–Kier alpha value is -2.18. The number of piperidine rings is 1. The lowest BCUT2D eigenvalue weighted by Gasteiger charge is -2.37. The molecule has 1 amide bonds. The summed E-state index contributed by atoms with van der Waals surface area (Å²) in [5, 5.41) is 8.88. The van der Waals surface area contributed by atoms with E-state index in [0.717, 1.165) is 10.5 Å². The normalized spacial score (nSPS) is 27.8. The lowest BCUT2D eigenvalue weighted by Crippen LogP contribution is -2.50. The Bertz CT molecular complexity index is 622. The van der Waals surface area contributed by atoms with E-state index in [-0.39, 0.29) is 31.8 Å². The van der Waals surface area contributed by atoms with Gasteiger partial charge in [0.2, 0.25) is 0 Å². The van der Waals surface area contributed by atoms with Crippen LogP contribution in [-0.4, -0.2) is 40.1 Å². The lowest BCUT2D eigenvalue weighted by atomic mass is 9.88. The Balaban J connectivity index is 1.67. The van der Waals surface area contributed by atoms with Gasteiger partial charge in [0.15, 0.2) is 0 Å². The zero-order chi connectivity index (χ0) is 17.3. The average molecular weight is 339 g/mol. The van der Waals surface area contributed by atoms with E-state index in [9.17, 15) is 18.4 Å². The number of alkyl halides is 2. The molecule has 0 aromatic heterocycles. The van der Waals surface area contributed by atoms with Crippen LogP contribution in [-0.2, 0) is 16.1 Å². The van der Waals surface area contributed by atoms with Crippen molar-refractivity contribution in [2.24, 2.45) is 5.92 Å². The Morgan fingerprint density at radius 3 is 2.58 bits per heavy atom. The van der Waals surface area contributed by atoms with Gasteiger partial charge < -0.3 is 9.84 Å². The van der Waals surface area contributed by atoms with Gasteiger partial charge >= 0.3 is 12.1 Å². The predicted molar refractivity (Wildman–Crippen MR) is 80.6 cm³/mol. The van der Waals surface area contributed by atoms with E-state index in [1.807, 2.05) is 6.07 Å². The van der Waals surface area contributed by atoms with Gasteiger partial charge in [-0.05, 0) is 24.3 Å². The van der Waals surface area contributed by atoms with Crippen LogP contribution in [0.15, 0.2) is 30.3 Å². The van der Waals surface area contributed by atoms with Crippen LogP contribution in [0.1, 0.15) is 31.2 Å². The van der Waals surface area contributed by atoms with Gasteiger partial charge in [-0.1, -0.05) is 30.3 Å². The molecule has 130 valence electrons. The molecule has 1 aromatic carbocycles. The van der Waals surface area contributed by atoms with E-state index in [1.54, 1.807) is 24.3 Å². The van der Waals surface area contributed by atoms with Crippen molar-refractivity contribution in [3.05, 3.63) is 35.9 Å². The second kappa shape index (κ2) is 6.37. The van der Waals surface area contributed by atoms with Gasteiger partial charge in [0.1, 0.15) is 6.61 Å². The van der Waals surface area contributed by atoms with Gasteiger partial charge in [0, 0.05) is 18.9 Å². The quantitative estimate of drug-likeness (QED) is 0.914. The highest BCUT2D eigenvalue weighted by atomic mass is 19.3. The van der Waals surface area contributed by atoms with Crippen LogP contribution in [0, 0.1) is 5.92 Å². The largest absolute Gasteiger partial charge is 0.481 e. The molecule has 7 heteroatoms. The fraction of sp³-hybridized carbons (Fsp3) is 0.529. The molecule has 2 heterocycles. The van der Waals surface area contributed by atoms with Crippen LogP contribution in [0.5, 0.6) is 0 Å². The molecule has 2 fully saturated rings. The average Bonchev–Trinajstić information content (AvgIpc) is 2.68. The van der Waals surface area contributed by atoms with Crippen LogP contribution in [0.4, 0.5) is 13.6 Å². The summed E-state index contributed by atoms with van der Waals surface area (Å²) in [6.45, 7) is 0.0275. The first kappa shape index (κ1) is 16.7. The molecule has 0 radical (unpaired) electrons. The van der Waals surface area contributed by atoms with Crippen molar-refractivity contribution in [3.8, 4) is 0 Å². The highest BCUT2D eigenvalue weighted by Gasteiger charge is 2.59. The molecule has 1 aromatic rings. The second-order valence-electron chi connectivity index (χ2n) is 6.52. The molecule has 0 saturated carbocycles. The van der Waals surface area contributed by atoms with Gasteiger partial charge in [-0.15, -0.1) is 0 Å². The van der Waals surface area contributed by atoms with Crippen LogP contribution < -0.4 is 0 Å². The molecule has 2 bridgehead atoms. The Morgan fingerprint density at radius 2 is 1.96 bits per heavy atom. The molecule has 3 rings (SSSR count). The van der Waals surface area contributed by atoms with Gasteiger partial charge in [0.25, 0.3) is 5.92 Å². The van der Waals surface area contributed by atoms with E-state index >= 15 is 0 Å². The molecule has 2 saturated heterocycles. The number of rotatable bonds is 4. The number of fused-ring (bicyclic) bond motifs is 2. The highest BCUT2D eigenvalue weighted by Crippen LogP contribution is 2.48. The van der Waals surface area contributed by atoms with E-state index < -0.39 is 36.5 Å². The first-order valence-electron chi connectivity index (χ1n) is 7.95. The molecule has 0 aliphatic carbocycles. The van der Waals surface area contributed by atoms with E-state index in [2.05, 4.69) is 0 Å². The number of halogens is 2. The van der Waals surface area contributed by atoms with Crippen molar-refractivity contribution < 1.29 is 28.2 Å². The fourth-order valence-electron chi connectivity index (χ4n) is 3.77. The molecule has 1 N–H and O–H groups in total. The summed E-state index contributed by atoms with van der Waals surface area (Å²) < 4.78 is 33.6. The standard InChI is InChI=1S/C17H19F2NO4/c18-17(19)9-13-6-12(8-15(21)22)7-14(17)20(13)16(23)24-10-11-4-2-1-3-5-11/h1-5,12-14H,6-10H2,(H,21,22)/t12-,13-,14+/m0/s1. The molecule has 0 unspecified atom stereocenters. The molecular formula is C17H19F2NO4. The predicted octanol–water partition coefficient (Wildman–Crippen LogP) is 3.29. The number of hydrogen-bond acceptors (Lipinski definition) is 3. The molecule has 24 heavy (non-hydrogen) atoms. The Morgan fingerprint density at radius 1 is 1.25 bits per heavy atom. The monoisotopic (exact) mass is 339 g/mol. The van der Waals surface area contributed by atoms with Crippen LogP contribution >= 0.6 is 0 Å².